The molecule has 0 unspecified atom stereocenters. The first kappa shape index (κ1) is 18.5. The van der Waals surface area contributed by atoms with Crippen LogP contribution in [0.5, 0.6) is 5.75 Å². The minimum absolute atomic E-state index is 0.0644. The van der Waals surface area contributed by atoms with Crippen molar-refractivity contribution in [1.82, 2.24) is 9.38 Å². The first-order valence-corrected chi connectivity index (χ1v) is 9.88. The molecule has 0 N–H and O–H groups in total. The molecule has 4 rings (SSSR count). The largest absolute Gasteiger partial charge is 0.494 e. The second-order valence-electron chi connectivity index (χ2n) is 8.23. The number of hydrogen-bond donors (Lipinski definition) is 0. The highest BCUT2D eigenvalue weighted by molar-refractivity contribution is 6.07. The second-order valence-corrected chi connectivity index (χ2v) is 8.23. The molecule has 0 aliphatic carbocycles. The van der Waals surface area contributed by atoms with E-state index in [4.69, 9.17) is 4.74 Å². The van der Waals surface area contributed by atoms with Crippen LogP contribution in [0, 0.1) is 6.92 Å². The van der Waals surface area contributed by atoms with Crippen molar-refractivity contribution in [3.8, 4) is 5.75 Å². The molecular formula is C23H27N3O2. The van der Waals surface area contributed by atoms with E-state index in [1.165, 1.54) is 0 Å². The lowest BCUT2D eigenvalue weighted by Crippen LogP contribution is -2.51. The Hall–Kier alpha value is -2.82. The molecule has 0 radical (unpaired) electrons. The fourth-order valence-corrected chi connectivity index (χ4v) is 4.41. The number of anilines is 1. The zero-order chi connectivity index (χ0) is 20.1. The molecule has 0 fully saturated rings. The molecule has 146 valence electrons. The molecule has 3 heterocycles. The Bertz CT molecular complexity index is 1050. The Labute approximate surface area is 166 Å². The van der Waals surface area contributed by atoms with Gasteiger partial charge in [0.2, 0.25) is 0 Å². The predicted octanol–water partition coefficient (Wildman–Crippen LogP) is 4.97. The number of carbonyl (C=O) groups is 1. The van der Waals surface area contributed by atoms with Gasteiger partial charge in [0.15, 0.2) is 0 Å². The van der Waals surface area contributed by atoms with Gasteiger partial charge >= 0.3 is 0 Å². The standard InChI is InChI=1S/C23H27N3O2/c1-6-28-17-10-11-20-18(12-17)15(2)13-23(4,5)26(20)22(27)19-14-25-16(3)8-7-9-21(25)24-19/h7-12,14-15H,6,13H2,1-5H3/t15-/m1/s1. The summed E-state index contributed by atoms with van der Waals surface area (Å²) >= 11 is 0. The molecule has 1 aliphatic heterocycles. The van der Waals surface area contributed by atoms with Crippen LogP contribution >= 0.6 is 0 Å². The maximum absolute atomic E-state index is 13.6. The Morgan fingerprint density at radius 2 is 2.07 bits per heavy atom. The molecule has 5 nitrogen and oxygen atoms in total. The Morgan fingerprint density at radius 3 is 2.79 bits per heavy atom. The zero-order valence-electron chi connectivity index (χ0n) is 17.2. The fraction of sp³-hybridized carbons (Fsp3) is 0.391. The maximum atomic E-state index is 13.6. The number of nitrogens with zero attached hydrogens (tertiary/aromatic N) is 3. The number of fused-ring (bicyclic) bond motifs is 2. The smallest absolute Gasteiger partial charge is 0.279 e. The molecule has 0 spiro atoms. The Kier molecular flexibility index (Phi) is 4.41. The van der Waals surface area contributed by atoms with Crippen molar-refractivity contribution in [3.63, 3.8) is 0 Å². The van der Waals surface area contributed by atoms with E-state index < -0.39 is 0 Å². The van der Waals surface area contributed by atoms with Gasteiger partial charge in [0, 0.05) is 23.1 Å². The number of hydrogen-bond acceptors (Lipinski definition) is 3. The Morgan fingerprint density at radius 1 is 1.29 bits per heavy atom. The minimum atomic E-state index is -0.304. The highest BCUT2D eigenvalue weighted by Crippen LogP contribution is 2.45. The number of amides is 1. The van der Waals surface area contributed by atoms with E-state index in [-0.39, 0.29) is 11.4 Å². The van der Waals surface area contributed by atoms with Crippen LogP contribution in [0.25, 0.3) is 5.65 Å². The SMILES string of the molecule is CCOc1ccc2c(c1)[C@H](C)CC(C)(C)N2C(=O)c1cn2c(C)cccc2n1. The molecule has 1 aliphatic rings. The highest BCUT2D eigenvalue weighted by atomic mass is 16.5. The zero-order valence-corrected chi connectivity index (χ0v) is 17.2. The van der Waals surface area contributed by atoms with E-state index in [2.05, 4.69) is 31.8 Å². The average Bonchev–Trinajstić information content (AvgIpc) is 3.07. The number of imidazole rings is 1. The van der Waals surface area contributed by atoms with Crippen LogP contribution in [-0.2, 0) is 0 Å². The summed E-state index contributed by atoms with van der Waals surface area (Å²) in [5.74, 6) is 1.13. The summed E-state index contributed by atoms with van der Waals surface area (Å²) in [4.78, 5) is 20.1. The summed E-state index contributed by atoms with van der Waals surface area (Å²) in [6, 6.07) is 11.9. The van der Waals surface area contributed by atoms with Crippen LogP contribution in [0.1, 0.15) is 61.8 Å². The van der Waals surface area contributed by atoms with Crippen LogP contribution in [0.3, 0.4) is 0 Å². The summed E-state index contributed by atoms with van der Waals surface area (Å²) < 4.78 is 7.65. The van der Waals surface area contributed by atoms with Gasteiger partial charge in [0.1, 0.15) is 17.1 Å². The third-order valence-corrected chi connectivity index (χ3v) is 5.61. The molecule has 1 atom stereocenters. The number of carbonyl (C=O) groups excluding carboxylic acids is 1. The molecule has 28 heavy (non-hydrogen) atoms. The highest BCUT2D eigenvalue weighted by Gasteiger charge is 2.41. The summed E-state index contributed by atoms with van der Waals surface area (Å²) in [5, 5.41) is 0. The normalized spacial score (nSPS) is 18.2. The van der Waals surface area contributed by atoms with Crippen molar-refractivity contribution in [2.45, 2.75) is 52.5 Å². The van der Waals surface area contributed by atoms with E-state index in [1.54, 1.807) is 0 Å². The number of ether oxygens (including phenoxy) is 1. The van der Waals surface area contributed by atoms with Crippen LogP contribution < -0.4 is 9.64 Å². The second kappa shape index (κ2) is 6.66. The van der Waals surface area contributed by atoms with Crippen molar-refractivity contribution >= 4 is 17.2 Å². The molecule has 3 aromatic rings. The third-order valence-electron chi connectivity index (χ3n) is 5.61. The van der Waals surface area contributed by atoms with Crippen LogP contribution in [0.2, 0.25) is 0 Å². The van der Waals surface area contributed by atoms with Crippen LogP contribution in [-0.4, -0.2) is 27.4 Å². The topological polar surface area (TPSA) is 46.8 Å². The van der Waals surface area contributed by atoms with Crippen molar-refractivity contribution in [2.75, 3.05) is 11.5 Å². The van der Waals surface area contributed by atoms with Gasteiger partial charge in [-0.05, 0) is 75.9 Å². The molecule has 1 aromatic carbocycles. The summed E-state index contributed by atoms with van der Waals surface area (Å²) in [6.45, 7) is 11.1. The molecule has 0 saturated heterocycles. The lowest BCUT2D eigenvalue weighted by molar-refractivity contribution is 0.0949. The van der Waals surface area contributed by atoms with Crippen molar-refractivity contribution < 1.29 is 9.53 Å². The fourth-order valence-electron chi connectivity index (χ4n) is 4.41. The maximum Gasteiger partial charge on any atom is 0.279 e. The van der Waals surface area contributed by atoms with Gasteiger partial charge < -0.3 is 14.0 Å². The van der Waals surface area contributed by atoms with Gasteiger partial charge in [-0.3, -0.25) is 4.79 Å². The van der Waals surface area contributed by atoms with E-state index in [1.807, 2.05) is 59.7 Å². The lowest BCUT2D eigenvalue weighted by atomic mass is 9.80. The van der Waals surface area contributed by atoms with Gasteiger partial charge in [0.05, 0.1) is 6.61 Å². The van der Waals surface area contributed by atoms with Crippen molar-refractivity contribution in [2.24, 2.45) is 0 Å². The summed E-state index contributed by atoms with van der Waals surface area (Å²) in [7, 11) is 0. The minimum Gasteiger partial charge on any atom is -0.494 e. The van der Waals surface area contributed by atoms with Gasteiger partial charge in [-0.1, -0.05) is 13.0 Å². The van der Waals surface area contributed by atoms with Gasteiger partial charge in [-0.2, -0.15) is 0 Å². The molecule has 0 bridgehead atoms. The number of pyridine rings is 1. The molecule has 1 amide bonds. The van der Waals surface area contributed by atoms with Crippen LogP contribution in [0.4, 0.5) is 5.69 Å². The van der Waals surface area contributed by atoms with E-state index in [9.17, 15) is 4.79 Å². The van der Waals surface area contributed by atoms with Crippen molar-refractivity contribution in [3.05, 3.63) is 59.5 Å². The molecular weight excluding hydrogens is 350 g/mol. The quantitative estimate of drug-likeness (QED) is 0.647. The van der Waals surface area contributed by atoms with Gasteiger partial charge in [0.25, 0.3) is 5.91 Å². The van der Waals surface area contributed by atoms with Gasteiger partial charge in [-0.25, -0.2) is 4.98 Å². The number of aromatic nitrogens is 2. The predicted molar refractivity (Wildman–Crippen MR) is 111 cm³/mol. The first-order valence-electron chi connectivity index (χ1n) is 9.88. The van der Waals surface area contributed by atoms with Crippen molar-refractivity contribution in [1.29, 1.82) is 0 Å². The third kappa shape index (κ3) is 2.95. The number of aryl methyl sites for hydroxylation is 1. The first-order chi connectivity index (χ1) is 13.3. The lowest BCUT2D eigenvalue weighted by Gasteiger charge is -2.45. The summed E-state index contributed by atoms with van der Waals surface area (Å²) in [6.07, 6.45) is 2.73. The molecule has 2 aromatic heterocycles. The monoisotopic (exact) mass is 377 g/mol. The average molecular weight is 377 g/mol. The molecule has 0 saturated carbocycles. The van der Waals surface area contributed by atoms with Gasteiger partial charge in [-0.15, -0.1) is 0 Å². The number of benzene rings is 1. The Balaban J connectivity index is 1.81. The number of rotatable bonds is 3. The summed E-state index contributed by atoms with van der Waals surface area (Å²) in [5.41, 5.74) is 4.11. The van der Waals surface area contributed by atoms with E-state index >= 15 is 0 Å². The van der Waals surface area contributed by atoms with E-state index in [0.29, 0.717) is 18.2 Å². The van der Waals surface area contributed by atoms with E-state index in [0.717, 1.165) is 34.8 Å². The molecule has 5 heteroatoms. The van der Waals surface area contributed by atoms with Crippen LogP contribution in [0.15, 0.2) is 42.6 Å².